The molecule has 5 heteroatoms. The first-order valence-electron chi connectivity index (χ1n) is 7.45. The zero-order chi connectivity index (χ0) is 18.7. The smallest absolute Gasteiger partial charge is 0.263 e. The van der Waals surface area contributed by atoms with E-state index in [9.17, 15) is 8.42 Å². The highest BCUT2D eigenvalue weighted by Crippen LogP contribution is 2.15. The summed E-state index contributed by atoms with van der Waals surface area (Å²) < 4.78 is 25.9. The van der Waals surface area contributed by atoms with Crippen molar-refractivity contribution in [1.82, 2.24) is 4.31 Å². The monoisotopic (exact) mass is 355 g/mol. The Balaban J connectivity index is 0.00000151. The third kappa shape index (κ3) is 5.96. The first-order valence-corrected chi connectivity index (χ1v) is 8.89. The Hall–Kier alpha value is -2.81. The number of hydrogen-bond donors (Lipinski definition) is 1. The maximum absolute atomic E-state index is 12.4. The summed E-state index contributed by atoms with van der Waals surface area (Å²) in [4.78, 5) is 0.252. The van der Waals surface area contributed by atoms with Crippen molar-refractivity contribution < 1.29 is 13.5 Å². The van der Waals surface area contributed by atoms with E-state index < -0.39 is 10.0 Å². The lowest BCUT2D eigenvalue weighted by molar-refractivity contribution is 0.350. The lowest BCUT2D eigenvalue weighted by Gasteiger charge is -2.14. The molecule has 0 heterocycles. The van der Waals surface area contributed by atoms with Crippen LogP contribution in [0.5, 0.6) is 0 Å². The number of sulfonamides is 1. The summed E-state index contributed by atoms with van der Waals surface area (Å²) in [6, 6.07) is 15.6. The van der Waals surface area contributed by atoms with Gasteiger partial charge in [-0.3, -0.25) is 4.31 Å². The summed E-state index contributed by atoms with van der Waals surface area (Å²) in [5, 5.41) is 8.65. The van der Waals surface area contributed by atoms with E-state index in [1.54, 1.807) is 36.4 Å². The Morgan fingerprint density at radius 2 is 1.68 bits per heavy atom. The predicted molar refractivity (Wildman–Crippen MR) is 102 cm³/mol. The van der Waals surface area contributed by atoms with E-state index in [0.29, 0.717) is 0 Å². The van der Waals surface area contributed by atoms with Gasteiger partial charge in [0, 0.05) is 18.8 Å². The van der Waals surface area contributed by atoms with Crippen LogP contribution in [0.4, 0.5) is 0 Å². The van der Waals surface area contributed by atoms with Crippen molar-refractivity contribution in [3.05, 3.63) is 85.1 Å². The van der Waals surface area contributed by atoms with Gasteiger partial charge < -0.3 is 5.11 Å². The van der Waals surface area contributed by atoms with Gasteiger partial charge in [-0.1, -0.05) is 42.2 Å². The molecule has 0 aliphatic carbocycles. The molecule has 0 bridgehead atoms. The molecule has 0 atom stereocenters. The topological polar surface area (TPSA) is 57.6 Å². The minimum absolute atomic E-state index is 0.177. The minimum atomic E-state index is -3.53. The van der Waals surface area contributed by atoms with Crippen LogP contribution in [0.3, 0.4) is 0 Å². The van der Waals surface area contributed by atoms with Crippen LogP contribution in [0, 0.1) is 11.8 Å². The molecule has 130 valence electrons. The van der Waals surface area contributed by atoms with Crippen molar-refractivity contribution in [1.29, 1.82) is 0 Å². The van der Waals surface area contributed by atoms with E-state index in [2.05, 4.69) is 25.0 Å². The van der Waals surface area contributed by atoms with Crippen molar-refractivity contribution in [2.45, 2.75) is 4.90 Å². The van der Waals surface area contributed by atoms with Crippen LogP contribution in [-0.4, -0.2) is 31.5 Å². The molecule has 0 unspecified atom stereocenters. The minimum Gasteiger partial charge on any atom is -0.384 e. The average Bonchev–Trinajstić information content (AvgIpc) is 2.67. The fourth-order valence-corrected chi connectivity index (χ4v) is 2.90. The molecule has 4 nitrogen and oxygen atoms in total. The standard InChI is InChI=1S/C18H17NO3S.C2H4/c1-19(23(21,22)18-7-3-2-4-8-18)14-13-17-11-9-16(10-12-17)6-5-15-20;1-2/h2-4,7-14,20H,15H2,1H3;1-2H2/b14-13-;. The Morgan fingerprint density at radius 1 is 1.08 bits per heavy atom. The third-order valence-electron chi connectivity index (χ3n) is 3.12. The molecule has 0 saturated carbocycles. The van der Waals surface area contributed by atoms with Gasteiger partial charge in [-0.25, -0.2) is 8.42 Å². The second kappa shape index (κ2) is 10.1. The molecule has 0 aliphatic rings. The van der Waals surface area contributed by atoms with Gasteiger partial charge in [-0.05, 0) is 35.9 Å². The van der Waals surface area contributed by atoms with E-state index in [4.69, 9.17) is 5.11 Å². The third-order valence-corrected chi connectivity index (χ3v) is 4.87. The largest absolute Gasteiger partial charge is 0.384 e. The number of aliphatic hydroxyl groups is 1. The zero-order valence-corrected chi connectivity index (χ0v) is 14.9. The van der Waals surface area contributed by atoms with Crippen LogP contribution in [-0.2, 0) is 10.0 Å². The summed E-state index contributed by atoms with van der Waals surface area (Å²) in [6.07, 6.45) is 3.22. The van der Waals surface area contributed by atoms with Crippen LogP contribution in [0.2, 0.25) is 0 Å². The molecule has 0 aromatic heterocycles. The first kappa shape index (κ1) is 20.2. The summed E-state index contributed by atoms with van der Waals surface area (Å²) >= 11 is 0. The van der Waals surface area contributed by atoms with Crippen molar-refractivity contribution in [3.8, 4) is 11.8 Å². The van der Waals surface area contributed by atoms with Crippen molar-refractivity contribution in [2.24, 2.45) is 0 Å². The molecule has 1 N–H and O–H groups in total. The predicted octanol–water partition coefficient (Wildman–Crippen LogP) is 3.12. The number of benzene rings is 2. The number of hydrogen-bond acceptors (Lipinski definition) is 3. The summed E-state index contributed by atoms with van der Waals surface area (Å²) in [5.74, 6) is 5.37. The molecule has 0 saturated heterocycles. The van der Waals surface area contributed by atoms with Gasteiger partial charge in [-0.2, -0.15) is 0 Å². The maximum Gasteiger partial charge on any atom is 0.263 e. The quantitative estimate of drug-likeness (QED) is 0.677. The SMILES string of the molecule is C=C.CN(/C=C\c1ccc(C#CCO)cc1)S(=O)(=O)c1ccccc1. The van der Waals surface area contributed by atoms with Gasteiger partial charge in [0.25, 0.3) is 10.0 Å². The van der Waals surface area contributed by atoms with Crippen molar-refractivity contribution in [3.63, 3.8) is 0 Å². The average molecular weight is 355 g/mol. The van der Waals surface area contributed by atoms with Gasteiger partial charge in [-0.15, -0.1) is 13.2 Å². The maximum atomic E-state index is 12.4. The highest BCUT2D eigenvalue weighted by Gasteiger charge is 2.16. The Morgan fingerprint density at radius 3 is 2.24 bits per heavy atom. The normalized spacial score (nSPS) is 10.3. The van der Waals surface area contributed by atoms with Gasteiger partial charge in [0.15, 0.2) is 0 Å². The Bertz CT molecular complexity index is 845. The molecule has 2 aromatic rings. The molecule has 0 radical (unpaired) electrons. The Labute approximate surface area is 149 Å². The van der Waals surface area contributed by atoms with Gasteiger partial charge in [0.1, 0.15) is 6.61 Å². The molecular weight excluding hydrogens is 334 g/mol. The van der Waals surface area contributed by atoms with E-state index in [1.165, 1.54) is 17.6 Å². The molecule has 25 heavy (non-hydrogen) atoms. The molecule has 0 spiro atoms. The second-order valence-corrected chi connectivity index (χ2v) is 6.73. The number of aliphatic hydroxyl groups excluding tert-OH is 1. The molecule has 2 aromatic carbocycles. The molecule has 0 fully saturated rings. The van der Waals surface area contributed by atoms with E-state index in [-0.39, 0.29) is 11.5 Å². The van der Waals surface area contributed by atoms with Gasteiger partial charge in [0.2, 0.25) is 0 Å². The second-order valence-electron chi connectivity index (χ2n) is 4.73. The van der Waals surface area contributed by atoms with Gasteiger partial charge >= 0.3 is 0 Å². The van der Waals surface area contributed by atoms with Crippen LogP contribution >= 0.6 is 0 Å². The van der Waals surface area contributed by atoms with Crippen LogP contribution in [0.25, 0.3) is 6.08 Å². The molecule has 2 rings (SSSR count). The van der Waals surface area contributed by atoms with Crippen LogP contribution in [0.15, 0.2) is 78.9 Å². The van der Waals surface area contributed by atoms with Crippen LogP contribution < -0.4 is 0 Å². The molecule has 0 aliphatic heterocycles. The van der Waals surface area contributed by atoms with E-state index in [1.807, 2.05) is 24.3 Å². The van der Waals surface area contributed by atoms with Crippen LogP contribution in [0.1, 0.15) is 11.1 Å². The molecule has 0 amide bonds. The molecular formula is C20H21NO3S. The van der Waals surface area contributed by atoms with E-state index >= 15 is 0 Å². The summed E-state index contributed by atoms with van der Waals surface area (Å²) in [5.41, 5.74) is 1.65. The fourth-order valence-electron chi connectivity index (χ4n) is 1.85. The summed E-state index contributed by atoms with van der Waals surface area (Å²) in [7, 11) is -2.03. The number of nitrogens with zero attached hydrogens (tertiary/aromatic N) is 1. The zero-order valence-electron chi connectivity index (χ0n) is 14.1. The van der Waals surface area contributed by atoms with E-state index in [0.717, 1.165) is 11.1 Å². The Kier molecular flexibility index (Phi) is 8.21. The first-order chi connectivity index (χ1) is 12.0. The lowest BCUT2D eigenvalue weighted by Crippen LogP contribution is -2.21. The summed E-state index contributed by atoms with van der Waals surface area (Å²) in [6.45, 7) is 5.82. The lowest BCUT2D eigenvalue weighted by atomic mass is 10.1. The highest BCUT2D eigenvalue weighted by atomic mass is 32.2. The van der Waals surface area contributed by atoms with Gasteiger partial charge in [0.05, 0.1) is 4.90 Å². The highest BCUT2D eigenvalue weighted by molar-refractivity contribution is 7.89. The van der Waals surface area contributed by atoms with Crippen molar-refractivity contribution in [2.75, 3.05) is 13.7 Å². The van der Waals surface area contributed by atoms with Crippen molar-refractivity contribution >= 4 is 16.1 Å². The number of rotatable bonds is 4. The fraction of sp³-hybridized carbons (Fsp3) is 0.100.